The van der Waals surface area contributed by atoms with Gasteiger partial charge >= 0.3 is 6.18 Å². The van der Waals surface area contributed by atoms with Gasteiger partial charge in [0, 0.05) is 25.2 Å². The van der Waals surface area contributed by atoms with E-state index in [1.807, 2.05) is 0 Å². The highest BCUT2D eigenvalue weighted by atomic mass is 19.4. The summed E-state index contributed by atoms with van der Waals surface area (Å²) in [4.78, 5) is 14.4. The van der Waals surface area contributed by atoms with Crippen LogP contribution in [0.15, 0.2) is 28.7 Å². The molecule has 2 aliphatic rings. The molecule has 1 aliphatic carbocycles. The van der Waals surface area contributed by atoms with Gasteiger partial charge in [-0.1, -0.05) is 0 Å². The summed E-state index contributed by atoms with van der Waals surface area (Å²) in [6.07, 6.45) is -1.48. The number of carbonyl (C=O) groups is 1. The van der Waals surface area contributed by atoms with Gasteiger partial charge < -0.3 is 19.7 Å². The Balaban J connectivity index is 1.37. The van der Waals surface area contributed by atoms with Crippen molar-refractivity contribution in [2.75, 3.05) is 18.4 Å². The number of halogens is 5. The van der Waals surface area contributed by atoms with E-state index in [1.54, 1.807) is 11.0 Å². The van der Waals surface area contributed by atoms with Gasteiger partial charge in [-0.25, -0.2) is 8.78 Å². The molecule has 5 nitrogen and oxygen atoms in total. The van der Waals surface area contributed by atoms with Crippen LogP contribution in [0.5, 0.6) is 0 Å². The van der Waals surface area contributed by atoms with Gasteiger partial charge in [-0.05, 0) is 55.7 Å². The molecule has 10 heteroatoms. The van der Waals surface area contributed by atoms with E-state index in [-0.39, 0.29) is 41.5 Å². The highest BCUT2D eigenvalue weighted by Gasteiger charge is 2.43. The summed E-state index contributed by atoms with van der Waals surface area (Å²) in [6, 6.07) is 3.58. The number of carbonyl (C=O) groups excluding carboxylic acids is 1. The Bertz CT molecular complexity index is 996. The SMILES string of the molecule is O=C(c1ccc(CO)o1)N1CC[C@]2(CC[C@@H](Nc3cc(C(F)(F)F)c(F)cc3F)CC2)C1. The fourth-order valence-corrected chi connectivity index (χ4v) is 4.72. The number of alkyl halides is 3. The molecule has 0 radical (unpaired) electrons. The number of amides is 1. The van der Waals surface area contributed by atoms with Crippen LogP contribution in [-0.2, 0) is 12.8 Å². The third kappa shape index (κ3) is 4.46. The molecule has 1 saturated carbocycles. The van der Waals surface area contributed by atoms with Crippen LogP contribution in [0.3, 0.4) is 0 Å². The first kappa shape index (κ1) is 22.6. The summed E-state index contributed by atoms with van der Waals surface area (Å²) >= 11 is 0. The number of aliphatic hydroxyl groups is 1. The number of hydrogen-bond acceptors (Lipinski definition) is 4. The zero-order chi connectivity index (χ0) is 23.1. The molecule has 0 unspecified atom stereocenters. The summed E-state index contributed by atoms with van der Waals surface area (Å²) in [7, 11) is 0. The molecule has 0 bridgehead atoms. The van der Waals surface area contributed by atoms with Crippen molar-refractivity contribution in [1.29, 1.82) is 0 Å². The largest absolute Gasteiger partial charge is 0.453 e. The van der Waals surface area contributed by atoms with Gasteiger partial charge in [0.15, 0.2) is 5.76 Å². The van der Waals surface area contributed by atoms with Crippen molar-refractivity contribution in [3.63, 3.8) is 0 Å². The summed E-state index contributed by atoms with van der Waals surface area (Å²) in [5.74, 6) is -2.45. The lowest BCUT2D eigenvalue weighted by Gasteiger charge is -2.37. The Kier molecular flexibility index (Phi) is 5.91. The summed E-state index contributed by atoms with van der Waals surface area (Å²) in [5, 5.41) is 11.9. The van der Waals surface area contributed by atoms with Crippen LogP contribution < -0.4 is 5.32 Å². The van der Waals surface area contributed by atoms with Gasteiger partial charge in [0.05, 0.1) is 11.3 Å². The van der Waals surface area contributed by atoms with E-state index < -0.39 is 23.4 Å². The number of aliphatic hydroxyl groups excluding tert-OH is 1. The summed E-state index contributed by atoms with van der Waals surface area (Å²) < 4.78 is 71.7. The van der Waals surface area contributed by atoms with Gasteiger partial charge in [-0.15, -0.1) is 0 Å². The van der Waals surface area contributed by atoms with Crippen LogP contribution in [0.25, 0.3) is 0 Å². The Morgan fingerprint density at radius 2 is 1.88 bits per heavy atom. The number of anilines is 1. The molecule has 0 atom stereocenters. The molecule has 1 aromatic heterocycles. The maximum absolute atomic E-state index is 14.1. The van der Waals surface area contributed by atoms with Crippen molar-refractivity contribution in [2.24, 2.45) is 5.41 Å². The van der Waals surface area contributed by atoms with Gasteiger partial charge in [-0.2, -0.15) is 13.2 Å². The zero-order valence-corrected chi connectivity index (χ0v) is 17.1. The molecule has 2 heterocycles. The molecule has 1 amide bonds. The highest BCUT2D eigenvalue weighted by Crippen LogP contribution is 2.45. The second kappa shape index (κ2) is 8.38. The molecule has 1 spiro atoms. The summed E-state index contributed by atoms with van der Waals surface area (Å²) in [6.45, 7) is 0.815. The van der Waals surface area contributed by atoms with E-state index in [0.29, 0.717) is 37.8 Å². The lowest BCUT2D eigenvalue weighted by atomic mass is 9.72. The second-order valence-corrected chi connectivity index (χ2v) is 8.63. The van der Waals surface area contributed by atoms with E-state index in [4.69, 9.17) is 9.52 Å². The maximum atomic E-state index is 14.1. The summed E-state index contributed by atoms with van der Waals surface area (Å²) in [5.41, 5.74) is -1.96. The Hall–Kier alpha value is -2.62. The highest BCUT2D eigenvalue weighted by molar-refractivity contribution is 5.91. The maximum Gasteiger partial charge on any atom is 0.419 e. The monoisotopic (exact) mass is 458 g/mol. The molecular weight excluding hydrogens is 435 g/mol. The number of benzene rings is 1. The minimum absolute atomic E-state index is 0.0985. The molecule has 2 aromatic rings. The number of rotatable bonds is 4. The van der Waals surface area contributed by atoms with E-state index in [0.717, 1.165) is 19.3 Å². The predicted octanol–water partition coefficient (Wildman–Crippen LogP) is 4.96. The number of likely N-dealkylation sites (tertiary alicyclic amines) is 1. The van der Waals surface area contributed by atoms with Gasteiger partial charge in [0.25, 0.3) is 5.91 Å². The van der Waals surface area contributed by atoms with E-state index in [9.17, 15) is 26.7 Å². The van der Waals surface area contributed by atoms with Crippen LogP contribution >= 0.6 is 0 Å². The fourth-order valence-electron chi connectivity index (χ4n) is 4.72. The second-order valence-electron chi connectivity index (χ2n) is 8.63. The minimum Gasteiger partial charge on any atom is -0.453 e. The van der Waals surface area contributed by atoms with E-state index in [1.165, 1.54) is 6.07 Å². The topological polar surface area (TPSA) is 65.7 Å². The van der Waals surface area contributed by atoms with Crippen LogP contribution in [0.2, 0.25) is 0 Å². The number of nitrogens with zero attached hydrogens (tertiary/aromatic N) is 1. The molecule has 174 valence electrons. The fraction of sp³-hybridized carbons (Fsp3) is 0.500. The minimum atomic E-state index is -4.91. The molecule has 1 saturated heterocycles. The Morgan fingerprint density at radius 1 is 1.16 bits per heavy atom. The van der Waals surface area contributed by atoms with Gasteiger partial charge in [0.1, 0.15) is 24.0 Å². The average Bonchev–Trinajstić information content (AvgIpc) is 3.38. The third-order valence-corrected chi connectivity index (χ3v) is 6.52. The molecular formula is C22H23F5N2O3. The van der Waals surface area contributed by atoms with Crippen LogP contribution in [-0.4, -0.2) is 35.0 Å². The van der Waals surface area contributed by atoms with Gasteiger partial charge in [0.2, 0.25) is 0 Å². The smallest absolute Gasteiger partial charge is 0.419 e. The molecule has 2 N–H and O–H groups in total. The van der Waals surface area contributed by atoms with Crippen molar-refractivity contribution in [3.8, 4) is 0 Å². The average molecular weight is 458 g/mol. The lowest BCUT2D eigenvalue weighted by molar-refractivity contribution is -0.140. The molecule has 32 heavy (non-hydrogen) atoms. The van der Waals surface area contributed by atoms with Crippen LogP contribution in [0.1, 0.15) is 54.0 Å². The Labute approximate surface area is 181 Å². The first-order chi connectivity index (χ1) is 15.1. The molecule has 4 rings (SSSR count). The van der Waals surface area contributed by atoms with Gasteiger partial charge in [-0.3, -0.25) is 4.79 Å². The van der Waals surface area contributed by atoms with Crippen LogP contribution in [0.4, 0.5) is 27.6 Å². The first-order valence-electron chi connectivity index (χ1n) is 10.4. The first-order valence-corrected chi connectivity index (χ1v) is 10.4. The standard InChI is InChI=1S/C22H23F5N2O3/c23-16-10-17(24)18(9-15(16)22(25,26)27)28-13-3-5-21(6-4-13)7-8-29(12-21)20(31)19-2-1-14(11-30)32-19/h1-2,9-10,13,28,30H,3-8,11-12H2/t13-,21-. The third-order valence-electron chi connectivity index (χ3n) is 6.52. The van der Waals surface area contributed by atoms with Crippen molar-refractivity contribution in [1.82, 2.24) is 4.90 Å². The Morgan fingerprint density at radius 3 is 2.50 bits per heavy atom. The normalized spacial score (nSPS) is 23.7. The van der Waals surface area contributed by atoms with Crippen molar-refractivity contribution in [3.05, 3.63) is 53.0 Å². The van der Waals surface area contributed by atoms with Crippen molar-refractivity contribution >= 4 is 11.6 Å². The van der Waals surface area contributed by atoms with Crippen molar-refractivity contribution < 1.29 is 36.3 Å². The molecule has 2 fully saturated rings. The zero-order valence-electron chi connectivity index (χ0n) is 17.1. The predicted molar refractivity (Wildman–Crippen MR) is 105 cm³/mol. The number of hydrogen-bond donors (Lipinski definition) is 2. The molecule has 1 aromatic carbocycles. The number of nitrogens with one attached hydrogen (secondary N) is 1. The van der Waals surface area contributed by atoms with Crippen LogP contribution in [0, 0.1) is 17.0 Å². The lowest BCUT2D eigenvalue weighted by Crippen LogP contribution is -2.37. The van der Waals surface area contributed by atoms with E-state index >= 15 is 0 Å². The molecule has 1 aliphatic heterocycles. The number of furan rings is 1. The quantitative estimate of drug-likeness (QED) is 0.636. The van der Waals surface area contributed by atoms with E-state index in [2.05, 4.69) is 5.32 Å². The van der Waals surface area contributed by atoms with Crippen molar-refractivity contribution in [2.45, 2.75) is 50.9 Å².